The second kappa shape index (κ2) is 5.41. The van der Waals surface area contributed by atoms with E-state index in [1.807, 2.05) is 7.05 Å². The van der Waals surface area contributed by atoms with E-state index in [9.17, 15) is 0 Å². The van der Waals surface area contributed by atoms with Crippen molar-refractivity contribution in [1.82, 2.24) is 10.2 Å². The Hall–Kier alpha value is -0.860. The van der Waals surface area contributed by atoms with E-state index in [0.29, 0.717) is 0 Å². The molecule has 18 heavy (non-hydrogen) atoms. The lowest BCUT2D eigenvalue weighted by Gasteiger charge is -2.23. The Morgan fingerprint density at radius 2 is 1.83 bits per heavy atom. The molecule has 0 bridgehead atoms. The molecule has 2 fully saturated rings. The van der Waals surface area contributed by atoms with Gasteiger partial charge in [-0.25, -0.2) is 0 Å². The molecule has 0 aliphatic heterocycles. The third kappa shape index (κ3) is 3.12. The first-order valence-corrected chi connectivity index (χ1v) is 7.32. The fraction of sp³-hybridized carbons (Fsp3) is 0.625. The van der Waals surface area contributed by atoms with Crippen molar-refractivity contribution in [2.75, 3.05) is 13.6 Å². The molecule has 2 saturated carbocycles. The molecule has 3 rings (SSSR count). The zero-order valence-electron chi connectivity index (χ0n) is 11.4. The summed E-state index contributed by atoms with van der Waals surface area (Å²) in [6, 6.07) is 9.77. The summed E-state index contributed by atoms with van der Waals surface area (Å²) in [4.78, 5) is 2.73. The molecule has 0 aromatic heterocycles. The molecule has 0 saturated heterocycles. The van der Waals surface area contributed by atoms with Crippen molar-refractivity contribution in [2.45, 2.75) is 44.8 Å². The third-order valence-corrected chi connectivity index (χ3v) is 4.11. The summed E-state index contributed by atoms with van der Waals surface area (Å²) in [5, 5.41) is 3.28. The van der Waals surface area contributed by atoms with Gasteiger partial charge < -0.3 is 5.32 Å². The van der Waals surface area contributed by atoms with Gasteiger partial charge in [-0.05, 0) is 49.8 Å². The van der Waals surface area contributed by atoms with Crippen LogP contribution in [0.1, 0.15) is 36.8 Å². The maximum absolute atomic E-state index is 3.28. The van der Waals surface area contributed by atoms with Crippen LogP contribution < -0.4 is 5.32 Å². The molecular formula is C16H24N2. The summed E-state index contributed by atoms with van der Waals surface area (Å²) < 4.78 is 0. The smallest absolute Gasteiger partial charge is 0.0240 e. The minimum absolute atomic E-state index is 0.883. The van der Waals surface area contributed by atoms with Gasteiger partial charge in [0.2, 0.25) is 0 Å². The summed E-state index contributed by atoms with van der Waals surface area (Å²) >= 11 is 0. The maximum atomic E-state index is 3.28. The van der Waals surface area contributed by atoms with Crippen LogP contribution in [0.15, 0.2) is 24.3 Å². The van der Waals surface area contributed by atoms with E-state index >= 15 is 0 Å². The molecule has 1 aromatic rings. The average Bonchev–Trinajstić information content (AvgIpc) is 3.25. The quantitative estimate of drug-likeness (QED) is 0.793. The van der Waals surface area contributed by atoms with E-state index < -0.39 is 0 Å². The molecule has 0 amide bonds. The lowest BCUT2D eigenvalue weighted by molar-refractivity contribution is 0.243. The summed E-state index contributed by atoms with van der Waals surface area (Å²) in [5.41, 5.74) is 2.97. The van der Waals surface area contributed by atoms with Crippen molar-refractivity contribution in [2.24, 2.45) is 5.92 Å². The molecule has 2 heteroatoms. The standard InChI is InChI=1S/C16H24N2/c1-17-10-14-4-2-3-5-15(14)12-18(16-8-9-16)11-13-6-7-13/h2-5,13,16-17H,6-12H2,1H3. The van der Waals surface area contributed by atoms with E-state index in [-0.39, 0.29) is 0 Å². The van der Waals surface area contributed by atoms with Crippen molar-refractivity contribution < 1.29 is 0 Å². The highest BCUT2D eigenvalue weighted by Crippen LogP contribution is 2.35. The first-order valence-electron chi connectivity index (χ1n) is 7.32. The first kappa shape index (κ1) is 12.2. The highest BCUT2D eigenvalue weighted by Gasteiger charge is 2.33. The van der Waals surface area contributed by atoms with Gasteiger partial charge in [0.1, 0.15) is 0 Å². The van der Waals surface area contributed by atoms with Gasteiger partial charge in [0.25, 0.3) is 0 Å². The van der Waals surface area contributed by atoms with Crippen LogP contribution in [0.4, 0.5) is 0 Å². The van der Waals surface area contributed by atoms with E-state index in [1.54, 1.807) is 0 Å². The lowest BCUT2D eigenvalue weighted by Crippen LogP contribution is -2.28. The average molecular weight is 244 g/mol. The molecule has 0 atom stereocenters. The molecule has 2 aliphatic rings. The zero-order valence-corrected chi connectivity index (χ0v) is 11.4. The molecule has 0 radical (unpaired) electrons. The molecule has 98 valence electrons. The number of hydrogen-bond acceptors (Lipinski definition) is 2. The van der Waals surface area contributed by atoms with Crippen LogP contribution in [0, 0.1) is 5.92 Å². The van der Waals surface area contributed by atoms with Gasteiger partial charge in [-0.2, -0.15) is 0 Å². The Kier molecular flexibility index (Phi) is 3.67. The Morgan fingerprint density at radius 1 is 1.11 bits per heavy atom. The van der Waals surface area contributed by atoms with Crippen molar-refractivity contribution in [3.8, 4) is 0 Å². The van der Waals surface area contributed by atoms with Crippen molar-refractivity contribution >= 4 is 0 Å². The van der Waals surface area contributed by atoms with Crippen LogP contribution in [0.2, 0.25) is 0 Å². The predicted molar refractivity (Wildman–Crippen MR) is 75.4 cm³/mol. The van der Waals surface area contributed by atoms with Crippen LogP contribution in [0.3, 0.4) is 0 Å². The summed E-state index contributed by atoms with van der Waals surface area (Å²) in [7, 11) is 2.03. The molecular weight excluding hydrogens is 220 g/mol. The maximum Gasteiger partial charge on any atom is 0.0240 e. The Morgan fingerprint density at radius 3 is 2.44 bits per heavy atom. The molecule has 2 aliphatic carbocycles. The lowest BCUT2D eigenvalue weighted by atomic mass is 10.1. The van der Waals surface area contributed by atoms with E-state index in [4.69, 9.17) is 0 Å². The highest BCUT2D eigenvalue weighted by molar-refractivity contribution is 5.27. The van der Waals surface area contributed by atoms with Gasteiger partial charge in [-0.1, -0.05) is 24.3 Å². The van der Waals surface area contributed by atoms with Crippen LogP contribution in [-0.2, 0) is 13.1 Å². The van der Waals surface area contributed by atoms with Gasteiger partial charge in [0.15, 0.2) is 0 Å². The summed E-state index contributed by atoms with van der Waals surface area (Å²) in [6.45, 7) is 3.47. The highest BCUT2D eigenvalue weighted by atomic mass is 15.2. The molecule has 0 heterocycles. The summed E-state index contributed by atoms with van der Waals surface area (Å²) in [5.74, 6) is 1.00. The topological polar surface area (TPSA) is 15.3 Å². The largest absolute Gasteiger partial charge is 0.316 e. The number of nitrogens with one attached hydrogen (secondary N) is 1. The van der Waals surface area contributed by atoms with E-state index in [2.05, 4.69) is 34.5 Å². The molecule has 1 N–H and O–H groups in total. The number of hydrogen-bond donors (Lipinski definition) is 1. The monoisotopic (exact) mass is 244 g/mol. The zero-order chi connectivity index (χ0) is 12.4. The van der Waals surface area contributed by atoms with Crippen molar-refractivity contribution in [3.63, 3.8) is 0 Å². The van der Waals surface area contributed by atoms with Gasteiger partial charge in [-0.15, -0.1) is 0 Å². The fourth-order valence-electron chi connectivity index (χ4n) is 2.71. The number of nitrogens with zero attached hydrogens (tertiary/aromatic N) is 1. The number of rotatable bonds is 7. The first-order chi connectivity index (χ1) is 8.86. The fourth-order valence-corrected chi connectivity index (χ4v) is 2.71. The normalized spacial score (nSPS) is 19.4. The second-order valence-corrected chi connectivity index (χ2v) is 5.90. The number of benzene rings is 1. The molecule has 1 aromatic carbocycles. The SMILES string of the molecule is CNCc1ccccc1CN(CC1CC1)C1CC1. The van der Waals surface area contributed by atoms with Crippen molar-refractivity contribution in [3.05, 3.63) is 35.4 Å². The van der Waals surface area contributed by atoms with Crippen LogP contribution >= 0.6 is 0 Å². The van der Waals surface area contributed by atoms with Crippen LogP contribution in [0.5, 0.6) is 0 Å². The van der Waals surface area contributed by atoms with E-state index in [1.165, 1.54) is 43.4 Å². The molecule has 2 nitrogen and oxygen atoms in total. The Labute approximate surface area is 110 Å². The molecule has 0 unspecified atom stereocenters. The summed E-state index contributed by atoms with van der Waals surface area (Å²) in [6.07, 6.45) is 5.75. The van der Waals surface area contributed by atoms with Crippen LogP contribution in [-0.4, -0.2) is 24.5 Å². The predicted octanol–water partition coefficient (Wildman–Crippen LogP) is 2.78. The van der Waals surface area contributed by atoms with Gasteiger partial charge in [0.05, 0.1) is 0 Å². The van der Waals surface area contributed by atoms with Gasteiger partial charge in [0, 0.05) is 25.7 Å². The Balaban J connectivity index is 1.68. The van der Waals surface area contributed by atoms with Gasteiger partial charge >= 0.3 is 0 Å². The second-order valence-electron chi connectivity index (χ2n) is 5.90. The minimum Gasteiger partial charge on any atom is -0.316 e. The molecule has 0 spiro atoms. The third-order valence-electron chi connectivity index (χ3n) is 4.11. The van der Waals surface area contributed by atoms with Crippen molar-refractivity contribution in [1.29, 1.82) is 0 Å². The van der Waals surface area contributed by atoms with Gasteiger partial charge in [-0.3, -0.25) is 4.90 Å². The Bertz CT molecular complexity index is 394. The van der Waals surface area contributed by atoms with Crippen LogP contribution in [0.25, 0.3) is 0 Å². The van der Waals surface area contributed by atoms with E-state index in [0.717, 1.165) is 25.0 Å². The minimum atomic E-state index is 0.883.